The molecule has 1 N–H and O–H groups in total. The lowest BCUT2D eigenvalue weighted by Crippen LogP contribution is -2.53. The molecular weight excluding hydrogens is 274 g/mol. The van der Waals surface area contributed by atoms with Gasteiger partial charge in [0.2, 0.25) is 0 Å². The fraction of sp³-hybridized carbons (Fsp3) is 0.611. The second kappa shape index (κ2) is 6.59. The molecule has 0 atom stereocenters. The van der Waals surface area contributed by atoms with Crippen LogP contribution in [-0.2, 0) is 0 Å². The van der Waals surface area contributed by atoms with Crippen LogP contribution in [0.5, 0.6) is 0 Å². The van der Waals surface area contributed by atoms with Crippen LogP contribution < -0.4 is 10.2 Å². The number of amides is 2. The van der Waals surface area contributed by atoms with Crippen LogP contribution in [0, 0.1) is 13.8 Å². The number of nitrogens with zero attached hydrogens (tertiary/aromatic N) is 2. The first-order valence-electron chi connectivity index (χ1n) is 8.51. The summed E-state index contributed by atoms with van der Waals surface area (Å²) in [6, 6.07) is 7.17. The third-order valence-electron chi connectivity index (χ3n) is 5.11. The maximum atomic E-state index is 12.3. The molecule has 1 aliphatic carbocycles. The summed E-state index contributed by atoms with van der Waals surface area (Å²) in [7, 11) is 0. The van der Waals surface area contributed by atoms with E-state index in [-0.39, 0.29) is 6.03 Å². The number of rotatable bonds is 2. The normalized spacial score (nSPS) is 19.5. The van der Waals surface area contributed by atoms with Gasteiger partial charge in [-0.05, 0) is 49.9 Å². The van der Waals surface area contributed by atoms with Crippen molar-refractivity contribution in [2.45, 2.75) is 45.6 Å². The molecule has 1 saturated carbocycles. The van der Waals surface area contributed by atoms with Crippen molar-refractivity contribution in [1.82, 2.24) is 10.2 Å². The molecule has 4 nitrogen and oxygen atoms in total. The van der Waals surface area contributed by atoms with Crippen LogP contribution in [0.25, 0.3) is 0 Å². The summed E-state index contributed by atoms with van der Waals surface area (Å²) in [6.45, 7) is 7.76. The minimum atomic E-state index is 0.131. The van der Waals surface area contributed by atoms with Crippen LogP contribution in [0.15, 0.2) is 18.2 Å². The highest BCUT2D eigenvalue weighted by Gasteiger charge is 2.24. The van der Waals surface area contributed by atoms with Gasteiger partial charge in [-0.1, -0.05) is 18.9 Å². The Morgan fingerprint density at radius 3 is 2.36 bits per heavy atom. The monoisotopic (exact) mass is 301 g/mol. The number of hydrogen-bond donors (Lipinski definition) is 1. The van der Waals surface area contributed by atoms with Gasteiger partial charge in [-0.2, -0.15) is 0 Å². The average molecular weight is 301 g/mol. The third kappa shape index (κ3) is 3.37. The number of carbonyl (C=O) groups excluding carboxylic acids is 1. The quantitative estimate of drug-likeness (QED) is 0.911. The van der Waals surface area contributed by atoms with Gasteiger partial charge in [0.15, 0.2) is 0 Å². The van der Waals surface area contributed by atoms with Crippen molar-refractivity contribution in [3.8, 4) is 0 Å². The van der Waals surface area contributed by atoms with Gasteiger partial charge in [-0.3, -0.25) is 0 Å². The lowest BCUT2D eigenvalue weighted by Gasteiger charge is -2.36. The van der Waals surface area contributed by atoms with Crippen LogP contribution >= 0.6 is 0 Å². The second-order valence-electron chi connectivity index (χ2n) is 6.67. The minimum Gasteiger partial charge on any atom is -0.368 e. The number of urea groups is 1. The fourth-order valence-electron chi connectivity index (χ4n) is 3.43. The van der Waals surface area contributed by atoms with E-state index in [1.165, 1.54) is 29.7 Å². The molecule has 3 rings (SSSR count). The number of hydrogen-bond acceptors (Lipinski definition) is 2. The van der Waals surface area contributed by atoms with Crippen LogP contribution in [-0.4, -0.2) is 43.2 Å². The van der Waals surface area contributed by atoms with E-state index in [2.05, 4.69) is 42.3 Å². The zero-order valence-electron chi connectivity index (χ0n) is 13.8. The van der Waals surface area contributed by atoms with Gasteiger partial charge in [-0.15, -0.1) is 0 Å². The topological polar surface area (TPSA) is 35.6 Å². The van der Waals surface area contributed by atoms with E-state index >= 15 is 0 Å². The summed E-state index contributed by atoms with van der Waals surface area (Å²) in [6.07, 6.45) is 4.81. The molecule has 1 aliphatic heterocycles. The number of aryl methyl sites for hydroxylation is 2. The summed E-state index contributed by atoms with van der Waals surface area (Å²) < 4.78 is 0. The first-order chi connectivity index (χ1) is 10.6. The summed E-state index contributed by atoms with van der Waals surface area (Å²) in [4.78, 5) is 16.6. The van der Waals surface area contributed by atoms with Gasteiger partial charge in [0.05, 0.1) is 0 Å². The van der Waals surface area contributed by atoms with Gasteiger partial charge >= 0.3 is 6.03 Å². The SMILES string of the molecule is Cc1ccc(N2CCN(C(=O)NC3CCCC3)CC2)cc1C. The molecule has 1 heterocycles. The van der Waals surface area contributed by atoms with Crippen molar-refractivity contribution < 1.29 is 4.79 Å². The van der Waals surface area contributed by atoms with Gasteiger partial charge in [0, 0.05) is 37.9 Å². The molecule has 2 aliphatic rings. The Bertz CT molecular complexity index is 529. The van der Waals surface area contributed by atoms with E-state index in [1.807, 2.05) is 4.90 Å². The largest absolute Gasteiger partial charge is 0.368 e. The van der Waals surface area contributed by atoms with Crippen molar-refractivity contribution in [3.05, 3.63) is 29.3 Å². The molecule has 2 fully saturated rings. The highest BCUT2D eigenvalue weighted by molar-refractivity contribution is 5.75. The Kier molecular flexibility index (Phi) is 4.55. The van der Waals surface area contributed by atoms with Crippen LogP contribution in [0.1, 0.15) is 36.8 Å². The Balaban J connectivity index is 1.53. The van der Waals surface area contributed by atoms with Crippen molar-refractivity contribution >= 4 is 11.7 Å². The molecule has 2 amide bonds. The van der Waals surface area contributed by atoms with Crippen LogP contribution in [0.3, 0.4) is 0 Å². The number of benzene rings is 1. The Morgan fingerprint density at radius 1 is 1.05 bits per heavy atom. The summed E-state index contributed by atoms with van der Waals surface area (Å²) in [5, 5.41) is 3.19. The van der Waals surface area contributed by atoms with E-state index in [1.54, 1.807) is 0 Å². The maximum absolute atomic E-state index is 12.3. The predicted octanol–water partition coefficient (Wildman–Crippen LogP) is 3.08. The summed E-state index contributed by atoms with van der Waals surface area (Å²) in [5.74, 6) is 0. The molecular formula is C18H27N3O. The molecule has 0 radical (unpaired) electrons. The summed E-state index contributed by atoms with van der Waals surface area (Å²) in [5.41, 5.74) is 3.94. The lowest BCUT2D eigenvalue weighted by atomic mass is 10.1. The molecule has 0 bridgehead atoms. The van der Waals surface area contributed by atoms with Crippen LogP contribution in [0.2, 0.25) is 0 Å². The zero-order chi connectivity index (χ0) is 15.5. The molecule has 1 aromatic carbocycles. The van der Waals surface area contributed by atoms with E-state index in [4.69, 9.17) is 0 Å². The van der Waals surface area contributed by atoms with Gasteiger partial charge in [0.1, 0.15) is 0 Å². The number of carbonyl (C=O) groups is 1. The molecule has 1 saturated heterocycles. The third-order valence-corrected chi connectivity index (χ3v) is 5.11. The Hall–Kier alpha value is -1.71. The lowest BCUT2D eigenvalue weighted by molar-refractivity contribution is 0.190. The van der Waals surface area contributed by atoms with E-state index in [9.17, 15) is 4.79 Å². The standard InChI is InChI=1S/C18H27N3O/c1-14-7-8-17(13-15(14)2)20-9-11-21(12-10-20)18(22)19-16-5-3-4-6-16/h7-8,13,16H,3-6,9-12H2,1-2H3,(H,19,22). The van der Waals surface area contributed by atoms with Gasteiger partial charge in [-0.25, -0.2) is 4.79 Å². The van der Waals surface area contributed by atoms with E-state index in [0.29, 0.717) is 6.04 Å². The molecule has 1 aromatic rings. The highest BCUT2D eigenvalue weighted by atomic mass is 16.2. The fourth-order valence-corrected chi connectivity index (χ4v) is 3.43. The molecule has 120 valence electrons. The molecule has 4 heteroatoms. The zero-order valence-corrected chi connectivity index (χ0v) is 13.8. The van der Waals surface area contributed by atoms with Crippen molar-refractivity contribution in [2.24, 2.45) is 0 Å². The first-order valence-corrected chi connectivity index (χ1v) is 8.51. The predicted molar refractivity (Wildman–Crippen MR) is 90.5 cm³/mol. The van der Waals surface area contributed by atoms with Gasteiger partial charge in [0.25, 0.3) is 0 Å². The summed E-state index contributed by atoms with van der Waals surface area (Å²) >= 11 is 0. The van der Waals surface area contributed by atoms with Crippen molar-refractivity contribution in [3.63, 3.8) is 0 Å². The Morgan fingerprint density at radius 2 is 1.73 bits per heavy atom. The van der Waals surface area contributed by atoms with Crippen molar-refractivity contribution in [1.29, 1.82) is 0 Å². The molecule has 0 aromatic heterocycles. The van der Waals surface area contributed by atoms with Crippen LogP contribution in [0.4, 0.5) is 10.5 Å². The molecule has 0 spiro atoms. The molecule has 0 unspecified atom stereocenters. The minimum absolute atomic E-state index is 0.131. The smallest absolute Gasteiger partial charge is 0.317 e. The first kappa shape index (κ1) is 15.2. The Labute approximate surface area is 133 Å². The van der Waals surface area contributed by atoms with Crippen molar-refractivity contribution in [2.75, 3.05) is 31.1 Å². The molecule has 22 heavy (non-hydrogen) atoms. The van der Waals surface area contributed by atoms with E-state index < -0.39 is 0 Å². The van der Waals surface area contributed by atoms with Gasteiger partial charge < -0.3 is 15.1 Å². The maximum Gasteiger partial charge on any atom is 0.317 e. The highest BCUT2D eigenvalue weighted by Crippen LogP contribution is 2.21. The number of nitrogens with one attached hydrogen (secondary N) is 1. The number of anilines is 1. The average Bonchev–Trinajstić information content (AvgIpc) is 3.03. The second-order valence-corrected chi connectivity index (χ2v) is 6.67. The van der Waals surface area contributed by atoms with E-state index in [0.717, 1.165) is 39.0 Å². The number of piperazine rings is 1.